The smallest absolute Gasteiger partial charge is 0.225 e. The van der Waals surface area contributed by atoms with Gasteiger partial charge in [0.2, 0.25) is 5.91 Å². The quantitative estimate of drug-likeness (QED) is 0.875. The van der Waals surface area contributed by atoms with E-state index in [4.69, 9.17) is 11.6 Å². The van der Waals surface area contributed by atoms with Crippen molar-refractivity contribution in [2.24, 2.45) is 5.41 Å². The van der Waals surface area contributed by atoms with Gasteiger partial charge in [0.25, 0.3) is 0 Å². The van der Waals surface area contributed by atoms with Gasteiger partial charge in [0.05, 0.1) is 0 Å². The lowest BCUT2D eigenvalue weighted by Gasteiger charge is -2.36. The van der Waals surface area contributed by atoms with E-state index in [1.54, 1.807) is 0 Å². The topological polar surface area (TPSA) is 29.1 Å². The van der Waals surface area contributed by atoms with E-state index in [-0.39, 0.29) is 11.3 Å². The number of carbonyl (C=O) groups excluding carboxylic acids is 1. The Kier molecular flexibility index (Phi) is 3.72. The monoisotopic (exact) mass is 251 g/mol. The van der Waals surface area contributed by atoms with Crippen LogP contribution in [0.15, 0.2) is 24.3 Å². The molecule has 1 aromatic rings. The van der Waals surface area contributed by atoms with Gasteiger partial charge in [0.15, 0.2) is 0 Å². The molecular weight excluding hydrogens is 234 g/mol. The van der Waals surface area contributed by atoms with E-state index in [0.717, 1.165) is 24.3 Å². The molecule has 0 atom stereocenters. The average Bonchev–Trinajstić information content (AvgIpc) is 2.28. The van der Waals surface area contributed by atoms with Crippen LogP contribution in [0.25, 0.3) is 0 Å². The summed E-state index contributed by atoms with van der Waals surface area (Å²) in [5.74, 6) is 0.206. The van der Waals surface area contributed by atoms with Crippen LogP contribution in [0.3, 0.4) is 0 Å². The fraction of sp³-hybridized carbons (Fsp3) is 0.500. The highest BCUT2D eigenvalue weighted by Crippen LogP contribution is 2.40. The normalized spacial score (nSPS) is 17.3. The van der Waals surface area contributed by atoms with E-state index < -0.39 is 0 Å². The van der Waals surface area contributed by atoms with E-state index in [9.17, 15) is 4.79 Å². The first-order chi connectivity index (χ1) is 8.10. The molecule has 0 saturated heterocycles. The molecule has 1 N–H and O–H groups in total. The highest BCUT2D eigenvalue weighted by molar-refractivity contribution is 6.30. The van der Waals surface area contributed by atoms with Gasteiger partial charge in [-0.05, 0) is 37.0 Å². The maximum atomic E-state index is 11.9. The average molecular weight is 252 g/mol. The number of rotatable bonds is 4. The fourth-order valence-electron chi connectivity index (χ4n) is 2.12. The highest BCUT2D eigenvalue weighted by Gasteiger charge is 2.38. The molecule has 0 unspecified atom stereocenters. The molecule has 2 nitrogen and oxygen atoms in total. The summed E-state index contributed by atoms with van der Waals surface area (Å²) in [6.07, 6.45) is 4.10. The Morgan fingerprint density at radius 3 is 2.53 bits per heavy atom. The Bertz CT molecular complexity index is 395. The van der Waals surface area contributed by atoms with E-state index in [0.29, 0.717) is 6.54 Å². The largest absolute Gasteiger partial charge is 0.355 e. The molecule has 1 aromatic carbocycles. The van der Waals surface area contributed by atoms with Gasteiger partial charge >= 0.3 is 0 Å². The van der Waals surface area contributed by atoms with Crippen LogP contribution in [0.1, 0.15) is 31.7 Å². The molecule has 1 amide bonds. The molecular formula is C14H18ClNO. The lowest BCUT2D eigenvalue weighted by Crippen LogP contribution is -2.44. The maximum Gasteiger partial charge on any atom is 0.225 e. The van der Waals surface area contributed by atoms with Gasteiger partial charge in [-0.3, -0.25) is 4.79 Å². The number of nitrogens with one attached hydrogen (secondary N) is 1. The third-order valence-corrected chi connectivity index (χ3v) is 3.87. The minimum absolute atomic E-state index is 0.0972. The molecule has 0 radical (unpaired) electrons. The zero-order valence-electron chi connectivity index (χ0n) is 10.1. The third-order valence-electron chi connectivity index (χ3n) is 3.62. The molecule has 92 valence electrons. The minimum Gasteiger partial charge on any atom is -0.355 e. The summed E-state index contributed by atoms with van der Waals surface area (Å²) in [4.78, 5) is 11.9. The molecule has 2 rings (SSSR count). The first-order valence-electron chi connectivity index (χ1n) is 6.13. The molecule has 3 heteroatoms. The van der Waals surface area contributed by atoms with Crippen molar-refractivity contribution in [1.29, 1.82) is 0 Å². The van der Waals surface area contributed by atoms with Gasteiger partial charge in [-0.1, -0.05) is 37.1 Å². The predicted molar refractivity (Wildman–Crippen MR) is 70.1 cm³/mol. The number of benzene rings is 1. The number of amides is 1. The zero-order chi connectivity index (χ0) is 12.3. The van der Waals surface area contributed by atoms with Crippen LogP contribution in [-0.2, 0) is 11.2 Å². The van der Waals surface area contributed by atoms with E-state index in [2.05, 4.69) is 5.32 Å². The number of halogens is 1. The van der Waals surface area contributed by atoms with Crippen LogP contribution >= 0.6 is 11.6 Å². The van der Waals surface area contributed by atoms with Crippen LogP contribution < -0.4 is 5.32 Å². The van der Waals surface area contributed by atoms with E-state index in [1.807, 2.05) is 31.2 Å². The van der Waals surface area contributed by atoms with Crippen molar-refractivity contribution >= 4 is 17.5 Å². The second-order valence-electron chi connectivity index (χ2n) is 5.05. The molecule has 0 aromatic heterocycles. The van der Waals surface area contributed by atoms with Crippen molar-refractivity contribution in [2.45, 2.75) is 32.6 Å². The second kappa shape index (κ2) is 5.09. The van der Waals surface area contributed by atoms with Crippen molar-refractivity contribution in [1.82, 2.24) is 5.32 Å². The molecule has 0 aliphatic heterocycles. The predicted octanol–water partition coefficient (Wildman–Crippen LogP) is 3.19. The first kappa shape index (κ1) is 12.4. The Morgan fingerprint density at radius 2 is 2.00 bits per heavy atom. The molecule has 1 aliphatic rings. The summed E-state index contributed by atoms with van der Waals surface area (Å²) in [7, 11) is 0. The van der Waals surface area contributed by atoms with Crippen molar-refractivity contribution in [2.75, 3.05) is 6.54 Å². The van der Waals surface area contributed by atoms with Crippen LogP contribution in [0, 0.1) is 5.41 Å². The second-order valence-corrected chi connectivity index (χ2v) is 5.48. The summed E-state index contributed by atoms with van der Waals surface area (Å²) in [6.45, 7) is 2.75. The fourth-order valence-corrected chi connectivity index (χ4v) is 2.24. The molecule has 0 heterocycles. The minimum atomic E-state index is -0.0972. The van der Waals surface area contributed by atoms with Gasteiger partial charge in [-0.2, -0.15) is 0 Å². The Balaban J connectivity index is 1.76. The molecule has 17 heavy (non-hydrogen) atoms. The number of hydrogen-bond donors (Lipinski definition) is 1. The summed E-state index contributed by atoms with van der Waals surface area (Å²) in [5, 5.41) is 3.77. The van der Waals surface area contributed by atoms with E-state index in [1.165, 1.54) is 12.0 Å². The summed E-state index contributed by atoms with van der Waals surface area (Å²) < 4.78 is 0. The lowest BCUT2D eigenvalue weighted by molar-refractivity contribution is -0.134. The molecule has 0 spiro atoms. The van der Waals surface area contributed by atoms with Crippen LogP contribution in [-0.4, -0.2) is 12.5 Å². The van der Waals surface area contributed by atoms with Gasteiger partial charge < -0.3 is 5.32 Å². The molecule has 1 fully saturated rings. The van der Waals surface area contributed by atoms with Gasteiger partial charge in [-0.25, -0.2) is 0 Å². The van der Waals surface area contributed by atoms with Crippen LogP contribution in [0.2, 0.25) is 5.02 Å². The van der Waals surface area contributed by atoms with Crippen LogP contribution in [0.4, 0.5) is 0 Å². The van der Waals surface area contributed by atoms with Gasteiger partial charge in [-0.15, -0.1) is 0 Å². The Morgan fingerprint density at radius 1 is 1.35 bits per heavy atom. The summed E-state index contributed by atoms with van der Waals surface area (Å²) in [5.41, 5.74) is 1.11. The van der Waals surface area contributed by atoms with Crippen molar-refractivity contribution in [3.05, 3.63) is 34.9 Å². The third kappa shape index (κ3) is 3.01. The molecule has 0 bridgehead atoms. The first-order valence-corrected chi connectivity index (χ1v) is 6.51. The van der Waals surface area contributed by atoms with Crippen molar-refractivity contribution in [3.8, 4) is 0 Å². The maximum absolute atomic E-state index is 11.9. The number of carbonyl (C=O) groups is 1. The summed E-state index contributed by atoms with van der Waals surface area (Å²) in [6, 6.07) is 7.76. The SMILES string of the molecule is CC1(C(=O)NCCc2ccc(Cl)cc2)CCC1. The van der Waals surface area contributed by atoms with E-state index >= 15 is 0 Å². The van der Waals surface area contributed by atoms with Gasteiger partial charge in [0.1, 0.15) is 0 Å². The van der Waals surface area contributed by atoms with Crippen molar-refractivity contribution in [3.63, 3.8) is 0 Å². The molecule has 1 saturated carbocycles. The highest BCUT2D eigenvalue weighted by atomic mass is 35.5. The van der Waals surface area contributed by atoms with Gasteiger partial charge in [0, 0.05) is 17.0 Å². The zero-order valence-corrected chi connectivity index (χ0v) is 10.9. The lowest BCUT2D eigenvalue weighted by atomic mass is 9.70. The van der Waals surface area contributed by atoms with Crippen molar-refractivity contribution < 1.29 is 4.79 Å². The standard InChI is InChI=1S/C14H18ClNO/c1-14(8-2-9-14)13(17)16-10-7-11-3-5-12(15)6-4-11/h3-6H,2,7-10H2,1H3,(H,16,17). The Hall–Kier alpha value is -1.02. The Labute approximate surface area is 107 Å². The number of hydrogen-bond acceptors (Lipinski definition) is 1. The summed E-state index contributed by atoms with van der Waals surface area (Å²) >= 11 is 5.81. The van der Waals surface area contributed by atoms with Crippen LogP contribution in [0.5, 0.6) is 0 Å². The molecule has 1 aliphatic carbocycles.